The van der Waals surface area contributed by atoms with Gasteiger partial charge in [-0.3, -0.25) is 4.90 Å². The van der Waals surface area contributed by atoms with E-state index >= 15 is 0 Å². The standard InChI is InChI=1S/C31H38N4O/c1-8-36-29-34(23-17-13-21(14-18-23)30(2,3)4)27-28(33-26-12-10-9-11-25(26)32-27)35(29)24-19-15-22(16-20-24)31(5,6)7/h9-19,24,29H,8,20H2,1-7H3. The van der Waals surface area contributed by atoms with E-state index in [-0.39, 0.29) is 23.2 Å². The molecule has 0 fully saturated rings. The number of nitrogens with zero attached hydrogens (tertiary/aromatic N) is 4. The number of benzene rings is 2. The molecule has 2 atom stereocenters. The highest BCUT2D eigenvalue weighted by molar-refractivity contribution is 5.86. The molecule has 5 rings (SSSR count). The minimum Gasteiger partial charge on any atom is -0.340 e. The quantitative estimate of drug-likeness (QED) is 0.385. The van der Waals surface area contributed by atoms with Crippen LogP contribution in [0, 0.1) is 5.41 Å². The van der Waals surface area contributed by atoms with Crippen LogP contribution in [-0.4, -0.2) is 29.0 Å². The normalized spacial score (nSPS) is 20.1. The van der Waals surface area contributed by atoms with Crippen LogP contribution in [0.3, 0.4) is 0 Å². The summed E-state index contributed by atoms with van der Waals surface area (Å²) in [7, 11) is 0. The molecule has 3 aromatic rings. The lowest BCUT2D eigenvalue weighted by Gasteiger charge is -2.37. The SMILES string of the molecule is CCOC1N(c2ccc(C(C)(C)C)cc2)c2nc3ccccc3nc2N1C1C=CC(C(C)(C)C)=CC1. The smallest absolute Gasteiger partial charge is 0.217 e. The Morgan fingerprint density at radius 2 is 1.50 bits per heavy atom. The Morgan fingerprint density at radius 3 is 2.03 bits per heavy atom. The van der Waals surface area contributed by atoms with E-state index in [0.717, 1.165) is 34.8 Å². The Balaban J connectivity index is 1.63. The van der Waals surface area contributed by atoms with Crippen LogP contribution < -0.4 is 9.80 Å². The van der Waals surface area contributed by atoms with Crippen molar-refractivity contribution in [1.29, 1.82) is 0 Å². The lowest BCUT2D eigenvalue weighted by molar-refractivity contribution is 0.0660. The number of rotatable bonds is 4. The monoisotopic (exact) mass is 482 g/mol. The fraction of sp³-hybridized carbons (Fsp3) is 0.419. The molecular formula is C31H38N4O. The summed E-state index contributed by atoms with van der Waals surface area (Å²) in [5.74, 6) is 1.71. The van der Waals surface area contributed by atoms with Gasteiger partial charge in [-0.1, -0.05) is 84.0 Å². The summed E-state index contributed by atoms with van der Waals surface area (Å²) in [5, 5.41) is 0. The highest BCUT2D eigenvalue weighted by Crippen LogP contribution is 2.45. The third-order valence-electron chi connectivity index (χ3n) is 7.09. The summed E-state index contributed by atoms with van der Waals surface area (Å²) < 4.78 is 6.45. The number of fused-ring (bicyclic) bond motifs is 2. The van der Waals surface area contributed by atoms with Crippen molar-refractivity contribution in [3.05, 3.63) is 77.9 Å². The average molecular weight is 483 g/mol. The third-order valence-corrected chi connectivity index (χ3v) is 7.09. The van der Waals surface area contributed by atoms with Gasteiger partial charge in [0.05, 0.1) is 17.1 Å². The van der Waals surface area contributed by atoms with E-state index < -0.39 is 0 Å². The summed E-state index contributed by atoms with van der Waals surface area (Å²) in [6.07, 6.45) is 7.51. The first-order valence-corrected chi connectivity index (χ1v) is 13.0. The van der Waals surface area contributed by atoms with Crippen LogP contribution in [0.1, 0.15) is 60.5 Å². The Hall–Kier alpha value is -3.18. The predicted octanol–water partition coefficient (Wildman–Crippen LogP) is 7.51. The molecular weight excluding hydrogens is 444 g/mol. The van der Waals surface area contributed by atoms with E-state index in [1.165, 1.54) is 11.1 Å². The molecule has 5 heteroatoms. The molecule has 0 N–H and O–H groups in total. The molecule has 0 amide bonds. The number of aromatic nitrogens is 2. The van der Waals surface area contributed by atoms with Crippen molar-refractivity contribution < 1.29 is 4.74 Å². The second-order valence-corrected chi connectivity index (χ2v) is 11.8. The lowest BCUT2D eigenvalue weighted by atomic mass is 9.83. The molecule has 36 heavy (non-hydrogen) atoms. The molecule has 0 bridgehead atoms. The molecule has 2 aliphatic rings. The topological polar surface area (TPSA) is 41.5 Å². The Kier molecular flexibility index (Phi) is 6.16. The van der Waals surface area contributed by atoms with Crippen molar-refractivity contribution in [2.45, 2.75) is 72.7 Å². The number of allylic oxidation sites excluding steroid dienone is 2. The molecule has 0 radical (unpaired) electrons. The van der Waals surface area contributed by atoms with Gasteiger partial charge in [-0.05, 0) is 59.6 Å². The van der Waals surface area contributed by atoms with E-state index in [0.29, 0.717) is 6.61 Å². The molecule has 188 valence electrons. The van der Waals surface area contributed by atoms with Gasteiger partial charge in [0.1, 0.15) is 0 Å². The zero-order valence-corrected chi connectivity index (χ0v) is 22.6. The Morgan fingerprint density at radius 1 is 0.861 bits per heavy atom. The van der Waals surface area contributed by atoms with Gasteiger partial charge in [0.15, 0.2) is 11.6 Å². The molecule has 1 aliphatic carbocycles. The Bertz CT molecular complexity index is 1310. The molecule has 2 heterocycles. The van der Waals surface area contributed by atoms with Gasteiger partial charge in [0, 0.05) is 12.3 Å². The van der Waals surface area contributed by atoms with Crippen molar-refractivity contribution >= 4 is 28.4 Å². The first-order chi connectivity index (χ1) is 17.1. The maximum absolute atomic E-state index is 6.45. The van der Waals surface area contributed by atoms with Gasteiger partial charge in [-0.15, -0.1) is 0 Å². The predicted molar refractivity (Wildman–Crippen MR) is 150 cm³/mol. The summed E-state index contributed by atoms with van der Waals surface area (Å²) >= 11 is 0. The van der Waals surface area contributed by atoms with Crippen LogP contribution in [0.15, 0.2) is 72.3 Å². The van der Waals surface area contributed by atoms with Gasteiger partial charge in [0.25, 0.3) is 0 Å². The number of ether oxygens (including phenoxy) is 1. The van der Waals surface area contributed by atoms with Crippen molar-refractivity contribution in [1.82, 2.24) is 9.97 Å². The van der Waals surface area contributed by atoms with Crippen LogP contribution in [-0.2, 0) is 10.2 Å². The zero-order chi connectivity index (χ0) is 25.7. The van der Waals surface area contributed by atoms with E-state index in [9.17, 15) is 0 Å². The molecule has 1 aliphatic heterocycles. The maximum Gasteiger partial charge on any atom is 0.217 e. The number of hydrogen-bond acceptors (Lipinski definition) is 5. The highest BCUT2D eigenvalue weighted by atomic mass is 16.5. The van der Waals surface area contributed by atoms with Crippen LogP contribution in [0.2, 0.25) is 0 Å². The largest absolute Gasteiger partial charge is 0.340 e. The molecule has 0 spiro atoms. The second kappa shape index (κ2) is 9.04. The molecule has 2 aromatic carbocycles. The van der Waals surface area contributed by atoms with E-state index in [4.69, 9.17) is 14.7 Å². The van der Waals surface area contributed by atoms with Crippen molar-refractivity contribution in [2.75, 3.05) is 16.4 Å². The lowest BCUT2D eigenvalue weighted by Crippen LogP contribution is -2.48. The third kappa shape index (κ3) is 4.41. The fourth-order valence-corrected chi connectivity index (χ4v) is 5.02. The summed E-state index contributed by atoms with van der Waals surface area (Å²) in [4.78, 5) is 14.8. The van der Waals surface area contributed by atoms with Crippen molar-refractivity contribution in [2.24, 2.45) is 5.41 Å². The summed E-state index contributed by atoms with van der Waals surface area (Å²) in [6.45, 7) is 16.1. The number of anilines is 3. The van der Waals surface area contributed by atoms with Gasteiger partial charge >= 0.3 is 0 Å². The van der Waals surface area contributed by atoms with Crippen LogP contribution in [0.4, 0.5) is 17.3 Å². The maximum atomic E-state index is 6.45. The van der Waals surface area contributed by atoms with E-state index in [1.807, 2.05) is 31.2 Å². The van der Waals surface area contributed by atoms with Gasteiger partial charge in [-0.25, -0.2) is 9.97 Å². The first kappa shape index (κ1) is 24.5. The first-order valence-electron chi connectivity index (χ1n) is 13.0. The molecule has 0 saturated heterocycles. The minimum absolute atomic E-state index is 0.0901. The molecule has 0 saturated carbocycles. The van der Waals surface area contributed by atoms with Gasteiger partial charge in [0.2, 0.25) is 6.35 Å². The zero-order valence-electron chi connectivity index (χ0n) is 22.6. The van der Waals surface area contributed by atoms with Crippen LogP contribution in [0.25, 0.3) is 11.0 Å². The number of hydrogen-bond donors (Lipinski definition) is 0. The molecule has 2 unspecified atom stereocenters. The van der Waals surface area contributed by atoms with Crippen LogP contribution in [0.5, 0.6) is 0 Å². The number of para-hydroxylation sites is 2. The Labute approximate surface area is 215 Å². The van der Waals surface area contributed by atoms with E-state index in [1.54, 1.807) is 0 Å². The molecule has 5 nitrogen and oxygen atoms in total. The summed E-state index contributed by atoms with van der Waals surface area (Å²) in [6, 6.07) is 17.0. The van der Waals surface area contributed by atoms with E-state index in [2.05, 4.69) is 93.8 Å². The van der Waals surface area contributed by atoms with Gasteiger partial charge < -0.3 is 9.64 Å². The summed E-state index contributed by atoms with van der Waals surface area (Å²) in [5.41, 5.74) is 5.72. The minimum atomic E-state index is -0.332. The fourth-order valence-electron chi connectivity index (χ4n) is 5.02. The second-order valence-electron chi connectivity index (χ2n) is 11.8. The van der Waals surface area contributed by atoms with Crippen LogP contribution >= 0.6 is 0 Å². The van der Waals surface area contributed by atoms with Crippen molar-refractivity contribution in [3.63, 3.8) is 0 Å². The average Bonchev–Trinajstić information content (AvgIpc) is 3.14. The van der Waals surface area contributed by atoms with Crippen molar-refractivity contribution in [3.8, 4) is 0 Å². The highest BCUT2D eigenvalue weighted by Gasteiger charge is 2.43. The van der Waals surface area contributed by atoms with Gasteiger partial charge in [-0.2, -0.15) is 0 Å². The molecule has 1 aromatic heterocycles.